The molecule has 2 aliphatic rings. The van der Waals surface area contributed by atoms with Gasteiger partial charge in [-0.05, 0) is 56.3 Å². The van der Waals surface area contributed by atoms with Crippen molar-refractivity contribution in [1.82, 2.24) is 9.80 Å². The third kappa shape index (κ3) is 4.40. The van der Waals surface area contributed by atoms with Gasteiger partial charge in [-0.2, -0.15) is 0 Å². The van der Waals surface area contributed by atoms with Crippen LogP contribution in [-0.4, -0.2) is 47.9 Å². The van der Waals surface area contributed by atoms with E-state index in [1.165, 1.54) is 19.4 Å². The fraction of sp³-hybridized carbons (Fsp3) is 0.611. The number of hydrogen-bond donors (Lipinski definition) is 0. The third-order valence-electron chi connectivity index (χ3n) is 5.00. The normalized spacial score (nSPS) is 22.0. The Morgan fingerprint density at radius 2 is 1.96 bits per heavy atom. The van der Waals surface area contributed by atoms with Crippen molar-refractivity contribution in [3.8, 4) is 0 Å². The number of benzene rings is 1. The highest BCUT2D eigenvalue weighted by Crippen LogP contribution is 2.24. The lowest BCUT2D eigenvalue weighted by atomic mass is 10.1. The van der Waals surface area contributed by atoms with Crippen LogP contribution in [0.4, 0.5) is 0 Å². The van der Waals surface area contributed by atoms with Crippen LogP contribution in [0.25, 0.3) is 0 Å². The zero-order valence-electron chi connectivity index (χ0n) is 13.4. The fourth-order valence-electron chi connectivity index (χ4n) is 3.73. The molecule has 23 heavy (non-hydrogen) atoms. The molecular formula is C18H24Cl2N2O. The number of amides is 1. The van der Waals surface area contributed by atoms with Crippen molar-refractivity contribution < 1.29 is 4.79 Å². The van der Waals surface area contributed by atoms with Gasteiger partial charge < -0.3 is 4.90 Å². The minimum absolute atomic E-state index is 0.304. The molecule has 0 spiro atoms. The number of hydrogen-bond acceptors (Lipinski definition) is 2. The van der Waals surface area contributed by atoms with Crippen LogP contribution in [0.2, 0.25) is 10.0 Å². The minimum atomic E-state index is 0.304. The number of carbonyl (C=O) groups excluding carboxylic acids is 1. The van der Waals surface area contributed by atoms with Crippen LogP contribution in [-0.2, 0) is 11.2 Å². The number of halogens is 2. The fourth-order valence-corrected chi connectivity index (χ4v) is 4.05. The molecule has 2 fully saturated rings. The van der Waals surface area contributed by atoms with Crippen molar-refractivity contribution in [1.29, 1.82) is 0 Å². The highest BCUT2D eigenvalue weighted by molar-refractivity contribution is 6.42. The van der Waals surface area contributed by atoms with Gasteiger partial charge in [-0.1, -0.05) is 29.3 Å². The van der Waals surface area contributed by atoms with E-state index in [2.05, 4.69) is 9.80 Å². The van der Waals surface area contributed by atoms with E-state index in [-0.39, 0.29) is 0 Å². The number of carbonyl (C=O) groups is 1. The van der Waals surface area contributed by atoms with Gasteiger partial charge in [0.2, 0.25) is 5.91 Å². The summed E-state index contributed by atoms with van der Waals surface area (Å²) in [6, 6.07) is 6.30. The Morgan fingerprint density at radius 1 is 1.13 bits per heavy atom. The van der Waals surface area contributed by atoms with Crippen molar-refractivity contribution in [2.75, 3.05) is 26.2 Å². The Hall–Kier alpha value is -0.770. The molecule has 0 saturated carbocycles. The van der Waals surface area contributed by atoms with Gasteiger partial charge in [-0.3, -0.25) is 9.69 Å². The van der Waals surface area contributed by atoms with E-state index in [1.807, 2.05) is 18.2 Å². The van der Waals surface area contributed by atoms with Crippen LogP contribution >= 0.6 is 23.2 Å². The van der Waals surface area contributed by atoms with Crippen LogP contribution in [0.1, 0.15) is 37.7 Å². The van der Waals surface area contributed by atoms with Crippen molar-refractivity contribution >= 4 is 29.1 Å². The molecule has 1 aromatic carbocycles. The minimum Gasteiger partial charge on any atom is -0.341 e. The molecule has 126 valence electrons. The van der Waals surface area contributed by atoms with Gasteiger partial charge in [0.05, 0.1) is 10.0 Å². The Kier molecular flexibility index (Phi) is 5.84. The lowest BCUT2D eigenvalue weighted by Gasteiger charge is -2.25. The first-order valence-electron chi connectivity index (χ1n) is 8.59. The van der Waals surface area contributed by atoms with Crippen LogP contribution in [0.3, 0.4) is 0 Å². The SMILES string of the molecule is O=C(CCCc1ccc(Cl)c(Cl)c1)N1CCCN2CCCC2C1. The van der Waals surface area contributed by atoms with Crippen LogP contribution in [0, 0.1) is 0 Å². The number of aryl methyl sites for hydroxylation is 1. The highest BCUT2D eigenvalue weighted by Gasteiger charge is 2.30. The largest absolute Gasteiger partial charge is 0.341 e. The smallest absolute Gasteiger partial charge is 0.222 e. The van der Waals surface area contributed by atoms with E-state index in [1.54, 1.807) is 0 Å². The molecule has 0 aliphatic carbocycles. The Balaban J connectivity index is 1.47. The monoisotopic (exact) mass is 354 g/mol. The average Bonchev–Trinajstić information content (AvgIpc) is 2.87. The molecule has 0 aromatic heterocycles. The summed E-state index contributed by atoms with van der Waals surface area (Å²) in [5.74, 6) is 0.304. The second-order valence-electron chi connectivity index (χ2n) is 6.63. The van der Waals surface area contributed by atoms with Gasteiger partial charge in [0, 0.05) is 32.1 Å². The maximum Gasteiger partial charge on any atom is 0.222 e. The van der Waals surface area contributed by atoms with Crippen molar-refractivity contribution in [2.24, 2.45) is 0 Å². The predicted octanol–water partition coefficient (Wildman–Crippen LogP) is 4.01. The average molecular weight is 355 g/mol. The first kappa shape index (κ1) is 17.1. The summed E-state index contributed by atoms with van der Waals surface area (Å²) in [5, 5.41) is 1.17. The Labute approximate surface area is 148 Å². The molecule has 1 atom stereocenters. The molecule has 2 saturated heterocycles. The lowest BCUT2D eigenvalue weighted by Crippen LogP contribution is -2.39. The molecule has 0 radical (unpaired) electrons. The van der Waals surface area contributed by atoms with Gasteiger partial charge in [0.25, 0.3) is 0 Å². The molecular weight excluding hydrogens is 331 g/mol. The number of nitrogens with zero attached hydrogens (tertiary/aromatic N) is 2. The highest BCUT2D eigenvalue weighted by atomic mass is 35.5. The zero-order chi connectivity index (χ0) is 16.2. The van der Waals surface area contributed by atoms with E-state index < -0.39 is 0 Å². The molecule has 1 amide bonds. The molecule has 0 bridgehead atoms. The van der Waals surface area contributed by atoms with Crippen LogP contribution in [0.15, 0.2) is 18.2 Å². The molecule has 3 nitrogen and oxygen atoms in total. The first-order chi connectivity index (χ1) is 11.1. The van der Waals surface area contributed by atoms with E-state index in [0.29, 0.717) is 28.4 Å². The maximum atomic E-state index is 12.5. The quantitative estimate of drug-likeness (QED) is 0.815. The first-order valence-corrected chi connectivity index (χ1v) is 9.35. The zero-order valence-corrected chi connectivity index (χ0v) is 15.0. The van der Waals surface area contributed by atoms with Gasteiger partial charge in [-0.25, -0.2) is 0 Å². The summed E-state index contributed by atoms with van der Waals surface area (Å²) < 4.78 is 0. The van der Waals surface area contributed by atoms with Crippen molar-refractivity contribution in [3.05, 3.63) is 33.8 Å². The van der Waals surface area contributed by atoms with Gasteiger partial charge in [0.1, 0.15) is 0 Å². The summed E-state index contributed by atoms with van der Waals surface area (Å²) >= 11 is 12.0. The summed E-state index contributed by atoms with van der Waals surface area (Å²) in [5.41, 5.74) is 1.14. The molecule has 5 heteroatoms. The van der Waals surface area contributed by atoms with Crippen molar-refractivity contribution in [3.63, 3.8) is 0 Å². The van der Waals surface area contributed by atoms with E-state index >= 15 is 0 Å². The number of rotatable bonds is 4. The second-order valence-corrected chi connectivity index (χ2v) is 7.44. The topological polar surface area (TPSA) is 23.6 Å². The lowest BCUT2D eigenvalue weighted by molar-refractivity contribution is -0.131. The summed E-state index contributed by atoms with van der Waals surface area (Å²) in [6.45, 7) is 4.20. The van der Waals surface area contributed by atoms with Crippen molar-refractivity contribution in [2.45, 2.75) is 44.6 Å². The predicted molar refractivity (Wildman–Crippen MR) is 95.2 cm³/mol. The van der Waals surface area contributed by atoms with E-state index in [4.69, 9.17) is 23.2 Å². The van der Waals surface area contributed by atoms with E-state index in [0.717, 1.165) is 44.5 Å². The third-order valence-corrected chi connectivity index (χ3v) is 5.74. The molecule has 1 aromatic rings. The van der Waals surface area contributed by atoms with Gasteiger partial charge in [0.15, 0.2) is 0 Å². The van der Waals surface area contributed by atoms with Crippen LogP contribution < -0.4 is 0 Å². The maximum absolute atomic E-state index is 12.5. The molecule has 1 unspecified atom stereocenters. The summed E-state index contributed by atoms with van der Waals surface area (Å²) in [4.78, 5) is 17.2. The van der Waals surface area contributed by atoms with Crippen LogP contribution in [0.5, 0.6) is 0 Å². The molecule has 0 N–H and O–H groups in total. The molecule has 3 rings (SSSR count). The van der Waals surface area contributed by atoms with Gasteiger partial charge in [-0.15, -0.1) is 0 Å². The number of fused-ring (bicyclic) bond motifs is 1. The summed E-state index contributed by atoms with van der Waals surface area (Å²) in [7, 11) is 0. The molecule has 2 heterocycles. The second kappa shape index (κ2) is 7.87. The van der Waals surface area contributed by atoms with Gasteiger partial charge >= 0.3 is 0 Å². The summed E-state index contributed by atoms with van der Waals surface area (Å²) in [6.07, 6.45) is 5.98. The Morgan fingerprint density at radius 3 is 2.78 bits per heavy atom. The standard InChI is InChI=1S/C18H24Cl2N2O/c19-16-8-7-14(12-17(16)20)4-1-6-18(23)22-11-3-10-21-9-2-5-15(21)13-22/h7-8,12,15H,1-6,9-11,13H2. The Bertz CT molecular complexity index is 564. The molecule has 2 aliphatic heterocycles. The van der Waals surface area contributed by atoms with E-state index in [9.17, 15) is 4.79 Å².